The van der Waals surface area contributed by atoms with Crippen LogP contribution in [0.25, 0.3) is 0 Å². The first-order valence-corrected chi connectivity index (χ1v) is 14.5. The van der Waals surface area contributed by atoms with Gasteiger partial charge in [0.2, 0.25) is 23.6 Å². The summed E-state index contributed by atoms with van der Waals surface area (Å²) in [6, 6.07) is 7.33. The molecule has 0 spiro atoms. The predicted octanol–water partition coefficient (Wildman–Crippen LogP) is -0.516. The van der Waals surface area contributed by atoms with Gasteiger partial charge in [-0.05, 0) is 50.9 Å². The highest BCUT2D eigenvalue weighted by Crippen LogP contribution is 2.36. The second kappa shape index (κ2) is 16.4. The molecule has 2 aromatic carbocycles. The normalized spacial score (nSPS) is 13.3. The molecule has 2 aromatic rings. The monoisotopic (exact) mass is 608 g/mol. The Kier molecular flexibility index (Phi) is 12.7. The minimum atomic E-state index is -0.808. The Morgan fingerprint density at radius 1 is 0.614 bits per heavy atom. The third-order valence-corrected chi connectivity index (χ3v) is 7.08. The van der Waals surface area contributed by atoms with E-state index >= 15 is 0 Å². The summed E-state index contributed by atoms with van der Waals surface area (Å²) >= 11 is 0. The molecule has 0 saturated carbocycles. The molecule has 14 nitrogen and oxygen atoms in total. The average Bonchev–Trinajstić information content (AvgIpc) is 3.01. The zero-order chi connectivity index (χ0) is 32.2. The summed E-state index contributed by atoms with van der Waals surface area (Å²) in [6.07, 6.45) is 3.59. The van der Waals surface area contributed by atoms with Crippen LogP contribution >= 0.6 is 0 Å². The van der Waals surface area contributed by atoms with Gasteiger partial charge in [-0.15, -0.1) is 0 Å². The van der Waals surface area contributed by atoms with Crippen molar-refractivity contribution in [3.63, 3.8) is 0 Å². The summed E-state index contributed by atoms with van der Waals surface area (Å²) in [5.74, 6) is -3.41. The molecule has 0 bridgehead atoms. The molecule has 12 N–H and O–H groups in total. The largest absolute Gasteiger partial charge is 0.346 e. The van der Waals surface area contributed by atoms with Crippen molar-refractivity contribution in [2.24, 2.45) is 22.9 Å². The van der Waals surface area contributed by atoms with Crippen LogP contribution in [0.3, 0.4) is 0 Å². The number of rotatable bonds is 16. The van der Waals surface area contributed by atoms with Gasteiger partial charge in [-0.2, -0.15) is 0 Å². The van der Waals surface area contributed by atoms with Crippen molar-refractivity contribution in [3.05, 3.63) is 58.7 Å². The molecule has 0 heterocycles. The Bertz CT molecular complexity index is 1310. The van der Waals surface area contributed by atoms with Crippen molar-refractivity contribution >= 4 is 46.6 Å². The van der Waals surface area contributed by atoms with Gasteiger partial charge < -0.3 is 44.2 Å². The smallest absolute Gasteiger partial charge is 0.243 e. The van der Waals surface area contributed by atoms with Crippen molar-refractivity contribution < 1.29 is 28.8 Å². The summed E-state index contributed by atoms with van der Waals surface area (Å²) in [6.45, 7) is 0.111. The van der Waals surface area contributed by atoms with Crippen LogP contribution in [0.1, 0.15) is 70.4 Å². The summed E-state index contributed by atoms with van der Waals surface area (Å²) in [5, 5.41) is 10.1. The van der Waals surface area contributed by atoms with E-state index in [0.29, 0.717) is 38.8 Å². The average molecular weight is 609 g/mol. The van der Waals surface area contributed by atoms with E-state index in [0.717, 1.165) is 12.8 Å². The SMILES string of the molecule is NCCCCC(N)C(=O)NCC(=O)Nc1ccc(NC(=O)CNC(=O)C(N)CCCCN)c2c1C(=O)c1ccccc1C2=O. The third-order valence-electron chi connectivity index (χ3n) is 7.08. The molecule has 1 aliphatic carbocycles. The molecule has 236 valence electrons. The van der Waals surface area contributed by atoms with Crippen molar-refractivity contribution in [2.45, 2.75) is 50.6 Å². The Labute approximate surface area is 255 Å². The van der Waals surface area contributed by atoms with Crippen molar-refractivity contribution in [1.82, 2.24) is 10.6 Å². The number of ketones is 2. The molecule has 0 aromatic heterocycles. The fourth-order valence-electron chi connectivity index (χ4n) is 4.70. The molecule has 14 heteroatoms. The summed E-state index contributed by atoms with van der Waals surface area (Å²) in [5.41, 5.74) is 22.7. The van der Waals surface area contributed by atoms with Crippen LogP contribution < -0.4 is 44.2 Å². The van der Waals surface area contributed by atoms with Crippen LogP contribution in [0.2, 0.25) is 0 Å². The maximum Gasteiger partial charge on any atom is 0.243 e. The highest BCUT2D eigenvalue weighted by molar-refractivity contribution is 6.32. The predicted molar refractivity (Wildman–Crippen MR) is 165 cm³/mol. The van der Waals surface area contributed by atoms with E-state index in [1.54, 1.807) is 12.1 Å². The third kappa shape index (κ3) is 8.76. The van der Waals surface area contributed by atoms with E-state index in [2.05, 4.69) is 21.3 Å². The minimum absolute atomic E-state index is 0.0223. The van der Waals surface area contributed by atoms with E-state index in [1.165, 1.54) is 24.3 Å². The van der Waals surface area contributed by atoms with E-state index in [4.69, 9.17) is 22.9 Å². The first-order valence-electron chi connectivity index (χ1n) is 14.5. The lowest BCUT2D eigenvalue weighted by atomic mass is 9.82. The fourth-order valence-corrected chi connectivity index (χ4v) is 4.70. The summed E-state index contributed by atoms with van der Waals surface area (Å²) < 4.78 is 0. The Morgan fingerprint density at radius 3 is 1.36 bits per heavy atom. The quantitative estimate of drug-likeness (QED) is 0.0966. The summed E-state index contributed by atoms with van der Waals surface area (Å²) in [7, 11) is 0. The number of amides is 4. The second-order valence-corrected chi connectivity index (χ2v) is 10.4. The first kappa shape index (κ1) is 34.0. The molecule has 2 atom stereocenters. The highest BCUT2D eigenvalue weighted by Gasteiger charge is 2.34. The number of hydrogen-bond acceptors (Lipinski definition) is 10. The first-order chi connectivity index (χ1) is 21.1. The Morgan fingerprint density at radius 2 is 1.00 bits per heavy atom. The van der Waals surface area contributed by atoms with Gasteiger partial charge in [-0.25, -0.2) is 0 Å². The molecule has 2 unspecified atom stereocenters. The Hall–Kier alpha value is -4.50. The van der Waals surface area contributed by atoms with Crippen LogP contribution in [-0.4, -0.2) is 73.5 Å². The number of anilines is 2. The van der Waals surface area contributed by atoms with Gasteiger partial charge in [0.15, 0.2) is 11.6 Å². The van der Waals surface area contributed by atoms with Gasteiger partial charge in [0.25, 0.3) is 0 Å². The minimum Gasteiger partial charge on any atom is -0.346 e. The van der Waals surface area contributed by atoms with Crippen LogP contribution in [0, 0.1) is 0 Å². The van der Waals surface area contributed by atoms with Gasteiger partial charge in [-0.3, -0.25) is 28.8 Å². The molecule has 0 radical (unpaired) electrons. The fraction of sp³-hybridized carbons (Fsp3) is 0.400. The van der Waals surface area contributed by atoms with Gasteiger partial charge in [-0.1, -0.05) is 37.1 Å². The molecule has 44 heavy (non-hydrogen) atoms. The van der Waals surface area contributed by atoms with Gasteiger partial charge >= 0.3 is 0 Å². The van der Waals surface area contributed by atoms with Gasteiger partial charge in [0.1, 0.15) is 0 Å². The molecular formula is C30H40N8O6. The Balaban J connectivity index is 1.77. The van der Waals surface area contributed by atoms with E-state index < -0.39 is 60.4 Å². The lowest BCUT2D eigenvalue weighted by Crippen LogP contribution is -2.44. The topological polar surface area (TPSA) is 255 Å². The number of nitrogens with one attached hydrogen (secondary N) is 4. The number of carbonyl (C=O) groups is 6. The zero-order valence-electron chi connectivity index (χ0n) is 24.4. The van der Waals surface area contributed by atoms with E-state index in [-0.39, 0.29) is 33.6 Å². The van der Waals surface area contributed by atoms with Crippen molar-refractivity contribution in [3.8, 4) is 0 Å². The lowest BCUT2D eigenvalue weighted by Gasteiger charge is -2.23. The number of hydrogen-bond donors (Lipinski definition) is 8. The van der Waals surface area contributed by atoms with Crippen LogP contribution in [0.15, 0.2) is 36.4 Å². The van der Waals surface area contributed by atoms with Crippen LogP contribution in [0.4, 0.5) is 11.4 Å². The molecule has 0 saturated heterocycles. The second-order valence-electron chi connectivity index (χ2n) is 10.4. The molecule has 4 amide bonds. The van der Waals surface area contributed by atoms with Gasteiger partial charge in [0.05, 0.1) is 47.7 Å². The van der Waals surface area contributed by atoms with Gasteiger partial charge in [0, 0.05) is 11.1 Å². The maximum absolute atomic E-state index is 13.6. The number of benzene rings is 2. The van der Waals surface area contributed by atoms with Crippen molar-refractivity contribution in [1.29, 1.82) is 0 Å². The molecular weight excluding hydrogens is 568 g/mol. The number of fused-ring (bicyclic) bond motifs is 2. The molecule has 0 fully saturated rings. The summed E-state index contributed by atoms with van der Waals surface area (Å²) in [4.78, 5) is 77.2. The molecule has 0 aliphatic heterocycles. The molecule has 3 rings (SSSR count). The van der Waals surface area contributed by atoms with Crippen LogP contribution in [0.5, 0.6) is 0 Å². The standard InChI is InChI=1S/C30H40N8O6/c31-13-5-3-9-19(33)29(43)35-15-23(39)37-21-11-12-22(38-24(40)16-36-30(44)20(34)10-4-6-14-32)26-25(21)27(41)17-7-1-2-8-18(17)28(26)42/h1-2,7-8,11-12,19-20H,3-6,9-10,13-16,31-34H2,(H,35,43)(H,36,44)(H,37,39)(H,38,40). The maximum atomic E-state index is 13.6. The number of carbonyl (C=O) groups excluding carboxylic acids is 6. The van der Waals surface area contributed by atoms with Crippen molar-refractivity contribution in [2.75, 3.05) is 36.8 Å². The van der Waals surface area contributed by atoms with E-state index in [9.17, 15) is 28.8 Å². The number of nitrogens with two attached hydrogens (primary N) is 4. The van der Waals surface area contributed by atoms with Crippen LogP contribution in [-0.2, 0) is 19.2 Å². The van der Waals surface area contributed by atoms with E-state index in [1.807, 2.05) is 0 Å². The zero-order valence-corrected chi connectivity index (χ0v) is 24.4. The number of unbranched alkanes of at least 4 members (excludes halogenated alkanes) is 2. The molecule has 1 aliphatic rings. The lowest BCUT2D eigenvalue weighted by molar-refractivity contribution is -0.125. The highest BCUT2D eigenvalue weighted by atomic mass is 16.2.